The third-order valence-corrected chi connectivity index (χ3v) is 3.54. The molecule has 0 aliphatic carbocycles. The average molecular weight is 314 g/mol. The van der Waals surface area contributed by atoms with Crippen molar-refractivity contribution in [1.82, 2.24) is 10.2 Å². The molecular formula is C13H13ClFN3OS. The van der Waals surface area contributed by atoms with Crippen molar-refractivity contribution in [1.29, 1.82) is 0 Å². The van der Waals surface area contributed by atoms with Gasteiger partial charge in [-0.15, -0.1) is 10.2 Å². The SMILES string of the molecule is CC(C)Cc1nnc(NC(=O)c2cc(Cl)ccc2F)s1. The number of nitrogens with one attached hydrogen (secondary N) is 1. The van der Waals surface area contributed by atoms with Crippen LogP contribution in [-0.4, -0.2) is 16.1 Å². The maximum atomic E-state index is 13.5. The lowest BCUT2D eigenvalue weighted by atomic mass is 10.1. The molecule has 1 aromatic carbocycles. The first-order valence-corrected chi connectivity index (χ1v) is 7.24. The monoisotopic (exact) mass is 313 g/mol. The Kier molecular flexibility index (Phi) is 4.67. The number of hydrogen-bond donors (Lipinski definition) is 1. The largest absolute Gasteiger partial charge is 0.296 e. The molecule has 0 bridgehead atoms. The van der Waals surface area contributed by atoms with Gasteiger partial charge in [0, 0.05) is 11.4 Å². The van der Waals surface area contributed by atoms with Crippen LogP contribution in [0.1, 0.15) is 29.2 Å². The van der Waals surface area contributed by atoms with Crippen LogP contribution in [0.3, 0.4) is 0 Å². The fourth-order valence-corrected chi connectivity index (χ4v) is 2.69. The summed E-state index contributed by atoms with van der Waals surface area (Å²) in [6.07, 6.45) is 0.791. The Morgan fingerprint density at radius 3 is 2.90 bits per heavy atom. The third kappa shape index (κ3) is 3.74. The van der Waals surface area contributed by atoms with Crippen molar-refractivity contribution in [3.63, 3.8) is 0 Å². The molecule has 4 nitrogen and oxygen atoms in total. The van der Waals surface area contributed by atoms with Crippen molar-refractivity contribution in [2.45, 2.75) is 20.3 Å². The van der Waals surface area contributed by atoms with Gasteiger partial charge in [0.2, 0.25) is 5.13 Å². The van der Waals surface area contributed by atoms with E-state index in [1.807, 2.05) is 0 Å². The van der Waals surface area contributed by atoms with Crippen LogP contribution in [0, 0.1) is 11.7 Å². The lowest BCUT2D eigenvalue weighted by Crippen LogP contribution is -2.13. The maximum absolute atomic E-state index is 13.5. The summed E-state index contributed by atoms with van der Waals surface area (Å²) < 4.78 is 13.5. The molecule has 0 atom stereocenters. The number of benzene rings is 1. The fraction of sp³-hybridized carbons (Fsp3) is 0.308. The zero-order valence-corrected chi connectivity index (χ0v) is 12.6. The fourth-order valence-electron chi connectivity index (χ4n) is 1.57. The molecule has 0 aliphatic rings. The standard InChI is InChI=1S/C13H13ClFN3OS/c1-7(2)5-11-17-18-13(20-11)16-12(19)9-6-8(14)3-4-10(9)15/h3-4,6-7H,5H2,1-2H3,(H,16,18,19). The van der Waals surface area contributed by atoms with Gasteiger partial charge in [-0.25, -0.2) is 4.39 Å². The minimum Gasteiger partial charge on any atom is -0.296 e. The molecule has 0 unspecified atom stereocenters. The molecule has 1 aromatic heterocycles. The number of halogens is 2. The lowest BCUT2D eigenvalue weighted by molar-refractivity contribution is 0.102. The Labute approximate surface area is 125 Å². The number of rotatable bonds is 4. The summed E-state index contributed by atoms with van der Waals surface area (Å²) >= 11 is 7.04. The summed E-state index contributed by atoms with van der Waals surface area (Å²) in [6, 6.07) is 3.82. The van der Waals surface area contributed by atoms with Gasteiger partial charge in [-0.05, 0) is 24.1 Å². The first-order chi connectivity index (χ1) is 9.45. The molecule has 1 heterocycles. The van der Waals surface area contributed by atoms with E-state index in [-0.39, 0.29) is 5.56 Å². The van der Waals surface area contributed by atoms with Crippen molar-refractivity contribution < 1.29 is 9.18 Å². The van der Waals surface area contributed by atoms with Crippen LogP contribution in [0.5, 0.6) is 0 Å². The number of amides is 1. The molecule has 0 radical (unpaired) electrons. The van der Waals surface area contributed by atoms with Gasteiger partial charge in [0.05, 0.1) is 5.56 Å². The molecule has 0 saturated carbocycles. The Balaban J connectivity index is 2.11. The van der Waals surface area contributed by atoms with Gasteiger partial charge in [0.15, 0.2) is 0 Å². The minimum atomic E-state index is -0.626. The highest BCUT2D eigenvalue weighted by Crippen LogP contribution is 2.20. The van der Waals surface area contributed by atoms with E-state index >= 15 is 0 Å². The molecule has 0 spiro atoms. The van der Waals surface area contributed by atoms with Crippen molar-refractivity contribution in [3.8, 4) is 0 Å². The van der Waals surface area contributed by atoms with E-state index in [1.54, 1.807) is 0 Å². The Morgan fingerprint density at radius 1 is 1.45 bits per heavy atom. The van der Waals surface area contributed by atoms with E-state index in [4.69, 9.17) is 11.6 Å². The number of carbonyl (C=O) groups is 1. The first kappa shape index (κ1) is 14.9. The van der Waals surface area contributed by atoms with Crippen molar-refractivity contribution in [2.75, 3.05) is 5.32 Å². The van der Waals surface area contributed by atoms with E-state index in [9.17, 15) is 9.18 Å². The van der Waals surface area contributed by atoms with E-state index < -0.39 is 11.7 Å². The number of anilines is 1. The molecule has 106 valence electrons. The van der Waals surface area contributed by atoms with Crippen LogP contribution in [0.25, 0.3) is 0 Å². The summed E-state index contributed by atoms with van der Waals surface area (Å²) in [5.74, 6) is -0.757. The van der Waals surface area contributed by atoms with Gasteiger partial charge >= 0.3 is 0 Å². The highest BCUT2D eigenvalue weighted by molar-refractivity contribution is 7.15. The quantitative estimate of drug-likeness (QED) is 0.934. The highest BCUT2D eigenvalue weighted by atomic mass is 35.5. The van der Waals surface area contributed by atoms with Crippen LogP contribution in [-0.2, 0) is 6.42 Å². The van der Waals surface area contributed by atoms with Crippen LogP contribution in [0.2, 0.25) is 5.02 Å². The van der Waals surface area contributed by atoms with Crippen LogP contribution < -0.4 is 5.32 Å². The summed E-state index contributed by atoms with van der Waals surface area (Å²) in [7, 11) is 0. The summed E-state index contributed by atoms with van der Waals surface area (Å²) in [4.78, 5) is 11.9. The zero-order valence-electron chi connectivity index (χ0n) is 11.0. The Morgan fingerprint density at radius 2 is 2.20 bits per heavy atom. The molecule has 2 rings (SSSR count). The van der Waals surface area contributed by atoms with Gasteiger partial charge in [-0.3, -0.25) is 10.1 Å². The predicted molar refractivity (Wildman–Crippen MR) is 77.8 cm³/mol. The van der Waals surface area contributed by atoms with Crippen molar-refractivity contribution in [3.05, 3.63) is 39.6 Å². The second-order valence-electron chi connectivity index (χ2n) is 4.68. The molecule has 1 N–H and O–H groups in total. The minimum absolute atomic E-state index is 0.113. The van der Waals surface area contributed by atoms with E-state index in [0.717, 1.165) is 17.5 Å². The maximum Gasteiger partial charge on any atom is 0.260 e. The Bertz CT molecular complexity index is 630. The van der Waals surface area contributed by atoms with Gasteiger partial charge in [-0.2, -0.15) is 0 Å². The van der Waals surface area contributed by atoms with Crippen molar-refractivity contribution in [2.24, 2.45) is 5.92 Å². The van der Waals surface area contributed by atoms with E-state index in [2.05, 4.69) is 29.4 Å². The molecule has 20 heavy (non-hydrogen) atoms. The Hall–Kier alpha value is -1.53. The molecule has 1 amide bonds. The number of aromatic nitrogens is 2. The van der Waals surface area contributed by atoms with Gasteiger partial charge in [0.1, 0.15) is 10.8 Å². The van der Waals surface area contributed by atoms with E-state index in [0.29, 0.717) is 16.1 Å². The topological polar surface area (TPSA) is 54.9 Å². The predicted octanol–water partition coefficient (Wildman–Crippen LogP) is 3.78. The van der Waals surface area contributed by atoms with Crippen LogP contribution in [0.15, 0.2) is 18.2 Å². The number of hydrogen-bond acceptors (Lipinski definition) is 4. The normalized spacial score (nSPS) is 10.8. The molecule has 2 aromatic rings. The second kappa shape index (κ2) is 6.28. The second-order valence-corrected chi connectivity index (χ2v) is 6.18. The molecule has 0 fully saturated rings. The summed E-state index contributed by atoms with van der Waals surface area (Å²) in [5.41, 5.74) is -0.113. The molecular weight excluding hydrogens is 301 g/mol. The number of nitrogens with zero attached hydrogens (tertiary/aromatic N) is 2. The molecule has 7 heteroatoms. The first-order valence-electron chi connectivity index (χ1n) is 6.04. The lowest BCUT2D eigenvalue weighted by Gasteiger charge is -2.03. The average Bonchev–Trinajstić information content (AvgIpc) is 2.78. The van der Waals surface area contributed by atoms with Gasteiger partial charge in [-0.1, -0.05) is 36.8 Å². The summed E-state index contributed by atoms with van der Waals surface area (Å²) in [6.45, 7) is 4.14. The van der Waals surface area contributed by atoms with Crippen molar-refractivity contribution >= 4 is 34.0 Å². The molecule has 0 aliphatic heterocycles. The van der Waals surface area contributed by atoms with Crippen LogP contribution in [0.4, 0.5) is 9.52 Å². The number of carbonyl (C=O) groups excluding carboxylic acids is 1. The van der Waals surface area contributed by atoms with Gasteiger partial charge in [0.25, 0.3) is 5.91 Å². The van der Waals surface area contributed by atoms with E-state index in [1.165, 1.54) is 23.5 Å². The van der Waals surface area contributed by atoms with Gasteiger partial charge < -0.3 is 0 Å². The zero-order chi connectivity index (χ0) is 14.7. The highest BCUT2D eigenvalue weighted by Gasteiger charge is 2.15. The summed E-state index contributed by atoms with van der Waals surface area (Å²) in [5, 5.41) is 11.9. The third-order valence-electron chi connectivity index (χ3n) is 2.44. The smallest absolute Gasteiger partial charge is 0.260 e. The van der Waals surface area contributed by atoms with Crippen LogP contribution >= 0.6 is 22.9 Å². The molecule has 0 saturated heterocycles.